The van der Waals surface area contributed by atoms with Crippen molar-refractivity contribution in [2.75, 3.05) is 7.11 Å². The van der Waals surface area contributed by atoms with Crippen LogP contribution in [0.25, 0.3) is 11.1 Å². The summed E-state index contributed by atoms with van der Waals surface area (Å²) in [5.74, 6) is 1.27. The van der Waals surface area contributed by atoms with Crippen LogP contribution in [0.15, 0.2) is 36.4 Å². The van der Waals surface area contributed by atoms with Crippen LogP contribution in [0.3, 0.4) is 0 Å². The van der Waals surface area contributed by atoms with Gasteiger partial charge in [0.05, 0.1) is 7.11 Å². The Balaban J connectivity index is 1.86. The Morgan fingerprint density at radius 2 is 1.84 bits per heavy atom. The second-order valence-corrected chi connectivity index (χ2v) is 6.76. The highest BCUT2D eigenvalue weighted by atomic mass is 16.5. The number of amides is 1. The molecule has 0 bridgehead atoms. The van der Waals surface area contributed by atoms with Crippen molar-refractivity contribution in [3.05, 3.63) is 47.5 Å². The lowest BCUT2D eigenvalue weighted by molar-refractivity contribution is -0.127. The van der Waals surface area contributed by atoms with Gasteiger partial charge in [-0.2, -0.15) is 0 Å². The smallest absolute Gasteiger partial charge is 0.260 e. The molecule has 1 atom stereocenters. The van der Waals surface area contributed by atoms with E-state index in [9.17, 15) is 4.79 Å². The van der Waals surface area contributed by atoms with Gasteiger partial charge in [-0.3, -0.25) is 4.79 Å². The number of rotatable bonds is 6. The topological polar surface area (TPSA) is 47.6 Å². The average Bonchev–Trinajstić information content (AvgIpc) is 3.40. The predicted molar refractivity (Wildman–Crippen MR) is 99.2 cm³/mol. The SMILES string of the molecule is COc1cc(OC(C)C(=O)NC2CC2)cc(-c2cc(C)ccc2C)c1. The Morgan fingerprint density at radius 1 is 1.12 bits per heavy atom. The van der Waals surface area contributed by atoms with E-state index in [0.717, 1.165) is 24.0 Å². The Labute approximate surface area is 149 Å². The maximum Gasteiger partial charge on any atom is 0.260 e. The highest BCUT2D eigenvalue weighted by molar-refractivity contribution is 5.81. The fraction of sp³-hybridized carbons (Fsp3) is 0.381. The third kappa shape index (κ3) is 4.32. The summed E-state index contributed by atoms with van der Waals surface area (Å²) >= 11 is 0. The summed E-state index contributed by atoms with van der Waals surface area (Å²) in [6.07, 6.45) is 1.59. The minimum Gasteiger partial charge on any atom is -0.497 e. The number of aryl methyl sites for hydroxylation is 2. The summed E-state index contributed by atoms with van der Waals surface area (Å²) in [4.78, 5) is 12.1. The van der Waals surface area contributed by atoms with E-state index in [1.807, 2.05) is 18.2 Å². The van der Waals surface area contributed by atoms with Crippen LogP contribution >= 0.6 is 0 Å². The van der Waals surface area contributed by atoms with Crippen molar-refractivity contribution in [3.8, 4) is 22.6 Å². The molecule has 4 heteroatoms. The summed E-state index contributed by atoms with van der Waals surface area (Å²) in [6.45, 7) is 5.93. The van der Waals surface area contributed by atoms with Gasteiger partial charge in [-0.1, -0.05) is 23.8 Å². The van der Waals surface area contributed by atoms with Crippen molar-refractivity contribution in [3.63, 3.8) is 0 Å². The summed E-state index contributed by atoms with van der Waals surface area (Å²) in [7, 11) is 1.63. The Morgan fingerprint density at radius 3 is 2.52 bits per heavy atom. The molecule has 3 rings (SSSR count). The van der Waals surface area contributed by atoms with E-state index in [2.05, 4.69) is 37.4 Å². The first-order chi connectivity index (χ1) is 12.0. The van der Waals surface area contributed by atoms with Gasteiger partial charge in [0, 0.05) is 12.1 Å². The third-order valence-corrected chi connectivity index (χ3v) is 4.43. The van der Waals surface area contributed by atoms with Crippen LogP contribution in [0.1, 0.15) is 30.9 Å². The quantitative estimate of drug-likeness (QED) is 0.864. The molecular weight excluding hydrogens is 314 g/mol. The minimum atomic E-state index is -0.542. The molecule has 0 aromatic heterocycles. The third-order valence-electron chi connectivity index (χ3n) is 4.43. The molecule has 1 aliphatic rings. The summed E-state index contributed by atoms with van der Waals surface area (Å²) in [6, 6.07) is 12.5. The molecule has 0 saturated heterocycles. The lowest BCUT2D eigenvalue weighted by Gasteiger charge is -2.17. The maximum atomic E-state index is 12.1. The van der Waals surface area contributed by atoms with Crippen molar-refractivity contribution in [1.82, 2.24) is 5.32 Å². The zero-order valence-electron chi connectivity index (χ0n) is 15.3. The van der Waals surface area contributed by atoms with E-state index in [1.165, 1.54) is 11.1 Å². The van der Waals surface area contributed by atoms with Crippen molar-refractivity contribution < 1.29 is 14.3 Å². The Hall–Kier alpha value is -2.49. The summed E-state index contributed by atoms with van der Waals surface area (Å²) in [5, 5.41) is 2.97. The summed E-state index contributed by atoms with van der Waals surface area (Å²) in [5.41, 5.74) is 4.54. The van der Waals surface area contributed by atoms with Gasteiger partial charge in [-0.25, -0.2) is 0 Å². The molecule has 1 fully saturated rings. The van der Waals surface area contributed by atoms with Gasteiger partial charge >= 0.3 is 0 Å². The van der Waals surface area contributed by atoms with E-state index in [0.29, 0.717) is 17.5 Å². The fourth-order valence-corrected chi connectivity index (χ4v) is 2.76. The Kier molecular flexibility index (Phi) is 4.98. The summed E-state index contributed by atoms with van der Waals surface area (Å²) < 4.78 is 11.3. The zero-order chi connectivity index (χ0) is 18.0. The first-order valence-electron chi connectivity index (χ1n) is 8.70. The van der Waals surface area contributed by atoms with Crippen molar-refractivity contribution >= 4 is 5.91 Å². The molecular formula is C21H25NO3. The predicted octanol–water partition coefficient (Wildman–Crippen LogP) is 4.02. The second kappa shape index (κ2) is 7.18. The van der Waals surface area contributed by atoms with E-state index in [-0.39, 0.29) is 5.91 Å². The van der Waals surface area contributed by atoms with Gasteiger partial charge in [0.1, 0.15) is 11.5 Å². The average molecular weight is 339 g/mol. The number of carbonyl (C=O) groups is 1. The molecule has 132 valence electrons. The first kappa shape index (κ1) is 17.3. The molecule has 1 unspecified atom stereocenters. The second-order valence-electron chi connectivity index (χ2n) is 6.76. The molecule has 25 heavy (non-hydrogen) atoms. The van der Waals surface area contributed by atoms with Gasteiger partial charge < -0.3 is 14.8 Å². The number of nitrogens with one attached hydrogen (secondary N) is 1. The molecule has 1 amide bonds. The highest BCUT2D eigenvalue weighted by Crippen LogP contribution is 2.32. The lowest BCUT2D eigenvalue weighted by Crippen LogP contribution is -2.37. The van der Waals surface area contributed by atoms with Gasteiger partial charge in [0.15, 0.2) is 6.10 Å². The molecule has 0 radical (unpaired) electrons. The van der Waals surface area contributed by atoms with Crippen LogP contribution in [0, 0.1) is 13.8 Å². The Bertz CT molecular complexity index is 781. The van der Waals surface area contributed by atoms with Gasteiger partial charge in [-0.15, -0.1) is 0 Å². The molecule has 0 heterocycles. The monoisotopic (exact) mass is 339 g/mol. The normalized spacial score (nSPS) is 14.7. The van der Waals surface area contributed by atoms with E-state index in [4.69, 9.17) is 9.47 Å². The molecule has 0 spiro atoms. The highest BCUT2D eigenvalue weighted by Gasteiger charge is 2.26. The number of carbonyl (C=O) groups excluding carboxylic acids is 1. The fourth-order valence-electron chi connectivity index (χ4n) is 2.76. The van der Waals surface area contributed by atoms with Crippen LogP contribution in [-0.4, -0.2) is 25.2 Å². The largest absolute Gasteiger partial charge is 0.497 e. The maximum absolute atomic E-state index is 12.1. The van der Waals surface area contributed by atoms with Crippen molar-refractivity contribution in [1.29, 1.82) is 0 Å². The van der Waals surface area contributed by atoms with E-state index in [1.54, 1.807) is 14.0 Å². The van der Waals surface area contributed by atoms with Gasteiger partial charge in [0.25, 0.3) is 5.91 Å². The molecule has 1 saturated carbocycles. The molecule has 1 aliphatic carbocycles. The number of benzene rings is 2. The van der Waals surface area contributed by atoms with Gasteiger partial charge in [0.2, 0.25) is 0 Å². The zero-order valence-corrected chi connectivity index (χ0v) is 15.3. The number of hydrogen-bond donors (Lipinski definition) is 1. The molecule has 4 nitrogen and oxygen atoms in total. The standard InChI is InChI=1S/C21H25NO3/c1-13-5-6-14(2)20(9-13)16-10-18(24-4)12-19(11-16)25-15(3)21(23)22-17-7-8-17/h5-6,9-12,15,17H,7-8H2,1-4H3,(H,22,23). The number of ether oxygens (including phenoxy) is 2. The molecule has 1 N–H and O–H groups in total. The number of methoxy groups -OCH3 is 1. The van der Waals surface area contributed by atoms with Crippen LogP contribution in [0.5, 0.6) is 11.5 Å². The van der Waals surface area contributed by atoms with Crippen LogP contribution < -0.4 is 14.8 Å². The molecule has 2 aromatic rings. The first-order valence-corrected chi connectivity index (χ1v) is 8.70. The van der Waals surface area contributed by atoms with Crippen LogP contribution in [0.4, 0.5) is 0 Å². The molecule has 2 aromatic carbocycles. The van der Waals surface area contributed by atoms with Crippen molar-refractivity contribution in [2.45, 2.75) is 45.8 Å². The lowest BCUT2D eigenvalue weighted by atomic mass is 9.98. The van der Waals surface area contributed by atoms with E-state index < -0.39 is 6.10 Å². The van der Waals surface area contributed by atoms with Gasteiger partial charge in [-0.05, 0) is 62.4 Å². The number of hydrogen-bond acceptors (Lipinski definition) is 3. The minimum absolute atomic E-state index is 0.0707. The van der Waals surface area contributed by atoms with Crippen LogP contribution in [0.2, 0.25) is 0 Å². The van der Waals surface area contributed by atoms with E-state index >= 15 is 0 Å². The van der Waals surface area contributed by atoms with Crippen LogP contribution in [-0.2, 0) is 4.79 Å². The molecule has 0 aliphatic heterocycles. The van der Waals surface area contributed by atoms with Crippen molar-refractivity contribution in [2.24, 2.45) is 0 Å².